The standard InChI is InChI=1S/C25H32N4O2S/c1-15(2)26-24(30)22-12-19(32-25-27-20-8-6-7-9-21(20)28-25)14-29(22)13-18-10-17(4)23(31-5)11-16(18)3/h6-11,15,19,22H,12-14H2,1-5H3,(H,26,30)(H,27,28)/t19-,22-/m0/s1. The zero-order chi connectivity index (χ0) is 22.8. The fraction of sp³-hybridized carbons (Fsp3) is 0.440. The van der Waals surface area contributed by atoms with E-state index in [9.17, 15) is 4.79 Å². The van der Waals surface area contributed by atoms with Gasteiger partial charge in [-0.1, -0.05) is 30.0 Å². The maximum atomic E-state index is 13.0. The summed E-state index contributed by atoms with van der Waals surface area (Å²) in [4.78, 5) is 23.5. The Morgan fingerprint density at radius 3 is 2.78 bits per heavy atom. The summed E-state index contributed by atoms with van der Waals surface area (Å²) in [6, 6.07) is 12.3. The van der Waals surface area contributed by atoms with E-state index in [4.69, 9.17) is 9.72 Å². The zero-order valence-electron chi connectivity index (χ0n) is 19.4. The summed E-state index contributed by atoms with van der Waals surface area (Å²) in [5.74, 6) is 1.01. The average molecular weight is 453 g/mol. The smallest absolute Gasteiger partial charge is 0.237 e. The van der Waals surface area contributed by atoms with Gasteiger partial charge in [0, 0.05) is 24.4 Å². The molecule has 2 atom stereocenters. The Kier molecular flexibility index (Phi) is 6.76. The molecule has 0 saturated carbocycles. The molecule has 0 aliphatic carbocycles. The highest BCUT2D eigenvalue weighted by Gasteiger charge is 2.38. The number of rotatable bonds is 7. The molecule has 1 fully saturated rings. The van der Waals surface area contributed by atoms with Crippen LogP contribution in [0.5, 0.6) is 5.75 Å². The molecule has 7 heteroatoms. The van der Waals surface area contributed by atoms with Crippen molar-refractivity contribution in [1.29, 1.82) is 0 Å². The highest BCUT2D eigenvalue weighted by atomic mass is 32.2. The summed E-state index contributed by atoms with van der Waals surface area (Å²) < 4.78 is 5.47. The summed E-state index contributed by atoms with van der Waals surface area (Å²) in [7, 11) is 1.70. The number of benzene rings is 2. The number of ether oxygens (including phenoxy) is 1. The van der Waals surface area contributed by atoms with Gasteiger partial charge >= 0.3 is 0 Å². The van der Waals surface area contributed by atoms with Crippen molar-refractivity contribution >= 4 is 28.7 Å². The number of carbonyl (C=O) groups excluding carboxylic acids is 1. The molecule has 2 aromatic carbocycles. The Labute approximate surface area is 194 Å². The van der Waals surface area contributed by atoms with Gasteiger partial charge < -0.3 is 15.0 Å². The van der Waals surface area contributed by atoms with Crippen LogP contribution < -0.4 is 10.1 Å². The molecule has 0 spiro atoms. The first-order valence-corrected chi connectivity index (χ1v) is 12.0. The minimum absolute atomic E-state index is 0.107. The maximum Gasteiger partial charge on any atom is 0.237 e. The molecule has 1 amide bonds. The second kappa shape index (κ2) is 9.55. The van der Waals surface area contributed by atoms with Crippen molar-refractivity contribution in [3.8, 4) is 5.75 Å². The van der Waals surface area contributed by atoms with Crippen LogP contribution in [0.3, 0.4) is 0 Å². The summed E-state index contributed by atoms with van der Waals surface area (Å²) in [6.07, 6.45) is 0.800. The van der Waals surface area contributed by atoms with E-state index in [0.29, 0.717) is 0 Å². The van der Waals surface area contributed by atoms with Gasteiger partial charge in [0.05, 0.1) is 24.2 Å². The number of carbonyl (C=O) groups is 1. The van der Waals surface area contributed by atoms with Crippen molar-refractivity contribution in [3.63, 3.8) is 0 Å². The van der Waals surface area contributed by atoms with Gasteiger partial charge in [-0.3, -0.25) is 9.69 Å². The minimum atomic E-state index is -0.152. The van der Waals surface area contributed by atoms with Crippen LogP contribution in [0.2, 0.25) is 0 Å². The zero-order valence-corrected chi connectivity index (χ0v) is 20.3. The lowest BCUT2D eigenvalue weighted by Gasteiger charge is -2.25. The van der Waals surface area contributed by atoms with Crippen LogP contribution in [0.1, 0.15) is 37.0 Å². The molecule has 1 aliphatic rings. The van der Waals surface area contributed by atoms with E-state index in [2.05, 4.69) is 41.2 Å². The van der Waals surface area contributed by atoms with Crippen molar-refractivity contribution in [2.24, 2.45) is 0 Å². The molecule has 0 radical (unpaired) electrons. The Balaban J connectivity index is 1.54. The van der Waals surface area contributed by atoms with Crippen molar-refractivity contribution < 1.29 is 9.53 Å². The molecule has 2 N–H and O–H groups in total. The van der Waals surface area contributed by atoms with Crippen LogP contribution in [-0.4, -0.2) is 51.8 Å². The fourth-order valence-electron chi connectivity index (χ4n) is 4.38. The van der Waals surface area contributed by atoms with E-state index in [0.717, 1.165) is 47.0 Å². The molecular formula is C25H32N4O2S. The number of aromatic amines is 1. The monoisotopic (exact) mass is 452 g/mol. The number of amides is 1. The van der Waals surface area contributed by atoms with Gasteiger partial charge in [0.2, 0.25) is 5.91 Å². The predicted molar refractivity (Wildman–Crippen MR) is 130 cm³/mol. The SMILES string of the molecule is COc1cc(C)c(CN2C[C@@H](Sc3nc4ccccc4[nH]3)C[C@H]2C(=O)NC(C)C)cc1C. The van der Waals surface area contributed by atoms with Gasteiger partial charge in [-0.2, -0.15) is 0 Å². The quantitative estimate of drug-likeness (QED) is 0.554. The number of H-pyrrole nitrogens is 1. The molecule has 2 heterocycles. The molecule has 1 aromatic heterocycles. The van der Waals surface area contributed by atoms with Crippen molar-refractivity contribution in [1.82, 2.24) is 20.2 Å². The molecule has 6 nitrogen and oxygen atoms in total. The van der Waals surface area contributed by atoms with E-state index in [1.54, 1.807) is 18.9 Å². The van der Waals surface area contributed by atoms with Gasteiger partial charge in [-0.15, -0.1) is 0 Å². The lowest BCUT2D eigenvalue weighted by molar-refractivity contribution is -0.126. The molecule has 4 rings (SSSR count). The lowest BCUT2D eigenvalue weighted by Crippen LogP contribution is -2.45. The van der Waals surface area contributed by atoms with Crippen molar-refractivity contribution in [2.45, 2.75) is 63.2 Å². The number of imidazole rings is 1. The first-order chi connectivity index (χ1) is 15.3. The van der Waals surface area contributed by atoms with E-state index < -0.39 is 0 Å². The number of nitrogens with zero attached hydrogens (tertiary/aromatic N) is 2. The number of hydrogen-bond acceptors (Lipinski definition) is 5. The Hall–Kier alpha value is -2.51. The second-order valence-electron chi connectivity index (χ2n) is 8.89. The predicted octanol–water partition coefficient (Wildman–Crippen LogP) is 4.45. The topological polar surface area (TPSA) is 70.2 Å². The normalized spacial score (nSPS) is 19.1. The summed E-state index contributed by atoms with van der Waals surface area (Å²) in [5.41, 5.74) is 5.55. The molecule has 0 unspecified atom stereocenters. The first-order valence-electron chi connectivity index (χ1n) is 11.1. The molecule has 170 valence electrons. The third-order valence-corrected chi connectivity index (χ3v) is 7.06. The highest BCUT2D eigenvalue weighted by Crippen LogP contribution is 2.34. The Morgan fingerprint density at radius 1 is 1.28 bits per heavy atom. The highest BCUT2D eigenvalue weighted by molar-refractivity contribution is 7.99. The second-order valence-corrected chi connectivity index (χ2v) is 10.2. The number of para-hydroxylation sites is 2. The molecule has 1 aliphatic heterocycles. The fourth-order valence-corrected chi connectivity index (χ4v) is 5.56. The van der Waals surface area contributed by atoms with Gasteiger partial charge in [-0.25, -0.2) is 4.98 Å². The van der Waals surface area contributed by atoms with Gasteiger partial charge in [-0.05, 0) is 69.0 Å². The van der Waals surface area contributed by atoms with Gasteiger partial charge in [0.15, 0.2) is 5.16 Å². The third kappa shape index (κ3) is 4.94. The Morgan fingerprint density at radius 2 is 2.06 bits per heavy atom. The van der Waals surface area contributed by atoms with Gasteiger partial charge in [0.25, 0.3) is 0 Å². The van der Waals surface area contributed by atoms with E-state index >= 15 is 0 Å². The van der Waals surface area contributed by atoms with E-state index in [1.165, 1.54) is 11.1 Å². The first kappa shape index (κ1) is 22.7. The number of aromatic nitrogens is 2. The number of aryl methyl sites for hydroxylation is 2. The summed E-state index contributed by atoms with van der Waals surface area (Å²) in [5, 5.41) is 4.32. The molecule has 32 heavy (non-hydrogen) atoms. The van der Waals surface area contributed by atoms with Crippen LogP contribution in [0.15, 0.2) is 41.6 Å². The molecule has 3 aromatic rings. The van der Waals surface area contributed by atoms with Crippen LogP contribution in [-0.2, 0) is 11.3 Å². The van der Waals surface area contributed by atoms with Crippen LogP contribution in [0.4, 0.5) is 0 Å². The summed E-state index contributed by atoms with van der Waals surface area (Å²) >= 11 is 1.74. The largest absolute Gasteiger partial charge is 0.496 e. The van der Waals surface area contributed by atoms with Gasteiger partial charge in [0.1, 0.15) is 5.75 Å². The molecular weight excluding hydrogens is 420 g/mol. The number of likely N-dealkylation sites (tertiary alicyclic amines) is 1. The van der Waals surface area contributed by atoms with E-state index in [-0.39, 0.29) is 23.2 Å². The van der Waals surface area contributed by atoms with Crippen LogP contribution in [0.25, 0.3) is 11.0 Å². The third-order valence-electron chi connectivity index (χ3n) is 5.97. The van der Waals surface area contributed by atoms with Crippen molar-refractivity contribution in [2.75, 3.05) is 13.7 Å². The average Bonchev–Trinajstić information content (AvgIpc) is 3.33. The number of thioether (sulfide) groups is 1. The maximum absolute atomic E-state index is 13.0. The molecule has 0 bridgehead atoms. The van der Waals surface area contributed by atoms with E-state index in [1.807, 2.05) is 38.1 Å². The van der Waals surface area contributed by atoms with Crippen LogP contribution in [0, 0.1) is 13.8 Å². The van der Waals surface area contributed by atoms with Crippen LogP contribution >= 0.6 is 11.8 Å². The number of methoxy groups -OCH3 is 1. The number of hydrogen-bond donors (Lipinski definition) is 2. The minimum Gasteiger partial charge on any atom is -0.496 e. The Bertz CT molecular complexity index is 1080. The number of nitrogens with one attached hydrogen (secondary N) is 2. The van der Waals surface area contributed by atoms with Crippen molar-refractivity contribution in [3.05, 3.63) is 53.1 Å². The molecule has 1 saturated heterocycles. The number of fused-ring (bicyclic) bond motifs is 1. The lowest BCUT2D eigenvalue weighted by atomic mass is 10.0. The summed E-state index contributed by atoms with van der Waals surface area (Å²) in [6.45, 7) is 9.77.